The molecule has 0 radical (unpaired) electrons. The third-order valence-corrected chi connectivity index (χ3v) is 9.18. The smallest absolute Gasteiger partial charge is 0.407 e. The highest BCUT2D eigenvalue weighted by molar-refractivity contribution is 8.00. The van der Waals surface area contributed by atoms with Crippen LogP contribution in [0.1, 0.15) is 85.3 Å². The summed E-state index contributed by atoms with van der Waals surface area (Å²) in [6, 6.07) is 0. The SMILES string of the molecule is CC(C)(C)c1cnc(CSc2cnc(NC(=O)C3CCN(CC(=O)NCCCCCN(C(=O)O)C(C)(C)C)CC3)s2)o1. The van der Waals surface area contributed by atoms with Crippen LogP contribution in [0, 0.1) is 5.92 Å². The minimum absolute atomic E-state index is 0.0213. The van der Waals surface area contributed by atoms with Crippen LogP contribution >= 0.6 is 23.1 Å². The topological polar surface area (TPSA) is 141 Å². The number of aromatic nitrogens is 2. The van der Waals surface area contributed by atoms with Gasteiger partial charge in [-0.3, -0.25) is 14.5 Å². The number of likely N-dealkylation sites (tertiary alicyclic amines) is 1. The van der Waals surface area contributed by atoms with Crippen LogP contribution in [0.3, 0.4) is 0 Å². The van der Waals surface area contributed by atoms with Gasteiger partial charge in [-0.15, -0.1) is 11.8 Å². The second-order valence-corrected chi connectivity index (χ2v) is 15.0. The zero-order valence-electron chi connectivity index (χ0n) is 25.7. The van der Waals surface area contributed by atoms with E-state index in [1.807, 2.05) is 20.8 Å². The van der Waals surface area contributed by atoms with Gasteiger partial charge in [0.1, 0.15) is 5.76 Å². The molecule has 1 fully saturated rings. The van der Waals surface area contributed by atoms with Crippen molar-refractivity contribution in [2.24, 2.45) is 5.92 Å². The van der Waals surface area contributed by atoms with Crippen molar-refractivity contribution in [1.29, 1.82) is 0 Å². The number of unbranched alkanes of at least 4 members (excludes halogenated alkanes) is 2. The number of hydrogen-bond acceptors (Lipinski definition) is 9. The molecule has 13 heteroatoms. The van der Waals surface area contributed by atoms with Gasteiger partial charge in [-0.1, -0.05) is 32.1 Å². The number of oxazole rings is 1. The van der Waals surface area contributed by atoms with Crippen LogP contribution in [0.4, 0.5) is 9.93 Å². The number of piperidine rings is 1. The maximum Gasteiger partial charge on any atom is 0.407 e. The van der Waals surface area contributed by atoms with Gasteiger partial charge in [0, 0.05) is 30.0 Å². The first-order chi connectivity index (χ1) is 19.7. The van der Waals surface area contributed by atoms with Crippen molar-refractivity contribution in [3.8, 4) is 0 Å². The van der Waals surface area contributed by atoms with E-state index >= 15 is 0 Å². The van der Waals surface area contributed by atoms with E-state index in [0.29, 0.717) is 62.3 Å². The lowest BCUT2D eigenvalue weighted by molar-refractivity contribution is -0.123. The average molecular weight is 623 g/mol. The molecule has 3 N–H and O–H groups in total. The molecular formula is C29H46N6O5S2. The van der Waals surface area contributed by atoms with Crippen molar-refractivity contribution in [2.45, 2.75) is 94.6 Å². The van der Waals surface area contributed by atoms with Crippen LogP contribution in [-0.2, 0) is 20.8 Å². The van der Waals surface area contributed by atoms with Crippen molar-refractivity contribution >= 4 is 46.1 Å². The molecule has 0 aliphatic carbocycles. The van der Waals surface area contributed by atoms with E-state index in [9.17, 15) is 19.5 Å². The molecule has 42 heavy (non-hydrogen) atoms. The van der Waals surface area contributed by atoms with E-state index in [4.69, 9.17) is 4.42 Å². The Balaban J connectivity index is 1.29. The summed E-state index contributed by atoms with van der Waals surface area (Å²) < 4.78 is 6.83. The van der Waals surface area contributed by atoms with E-state index in [1.165, 1.54) is 16.2 Å². The lowest BCUT2D eigenvalue weighted by atomic mass is 9.94. The highest BCUT2D eigenvalue weighted by Crippen LogP contribution is 2.32. The lowest BCUT2D eigenvalue weighted by Crippen LogP contribution is -2.45. The number of carbonyl (C=O) groups excluding carboxylic acids is 2. The number of nitrogens with one attached hydrogen (secondary N) is 2. The van der Waals surface area contributed by atoms with Crippen LogP contribution in [0.25, 0.3) is 0 Å². The Morgan fingerprint density at radius 2 is 1.81 bits per heavy atom. The third-order valence-electron chi connectivity index (χ3n) is 7.09. The second-order valence-electron chi connectivity index (χ2n) is 12.7. The standard InChI is InChI=1S/C29H46N6O5S2/c1-28(2,3)21-16-31-23(40-21)19-41-24-17-32-26(42-24)33-25(37)20-10-14-34(15-11-20)18-22(36)30-12-8-7-9-13-35(27(38)39)29(4,5)6/h16-17,20H,7-15,18-19H2,1-6H3,(H,30,36)(H,38,39)(H,32,33,37). The summed E-state index contributed by atoms with van der Waals surface area (Å²) in [6.07, 6.45) is 6.44. The Bertz CT molecular complexity index is 1180. The number of amides is 3. The van der Waals surface area contributed by atoms with Crippen molar-refractivity contribution in [1.82, 2.24) is 25.1 Å². The van der Waals surface area contributed by atoms with Gasteiger partial charge in [0.05, 0.1) is 28.9 Å². The summed E-state index contributed by atoms with van der Waals surface area (Å²) in [4.78, 5) is 48.9. The molecule has 1 saturated heterocycles. The summed E-state index contributed by atoms with van der Waals surface area (Å²) in [7, 11) is 0. The number of carbonyl (C=O) groups is 3. The molecule has 2 aromatic rings. The Morgan fingerprint density at radius 3 is 2.43 bits per heavy atom. The molecular weight excluding hydrogens is 576 g/mol. The molecule has 11 nitrogen and oxygen atoms in total. The highest BCUT2D eigenvalue weighted by Gasteiger charge is 2.27. The van der Waals surface area contributed by atoms with Crippen LogP contribution in [0.2, 0.25) is 0 Å². The molecule has 234 valence electrons. The molecule has 0 bridgehead atoms. The molecule has 0 atom stereocenters. The fraction of sp³-hybridized carbons (Fsp3) is 0.690. The number of thioether (sulfide) groups is 1. The Labute approximate surface area is 257 Å². The Hall–Kier alpha value is -2.64. The summed E-state index contributed by atoms with van der Waals surface area (Å²) >= 11 is 3.02. The van der Waals surface area contributed by atoms with Crippen molar-refractivity contribution < 1.29 is 23.9 Å². The molecule has 1 aliphatic rings. The van der Waals surface area contributed by atoms with Crippen LogP contribution < -0.4 is 10.6 Å². The first kappa shape index (κ1) is 33.9. The minimum Gasteiger partial charge on any atom is -0.465 e. The van der Waals surface area contributed by atoms with E-state index in [-0.39, 0.29) is 23.1 Å². The van der Waals surface area contributed by atoms with Crippen LogP contribution in [0.5, 0.6) is 0 Å². The normalized spacial score (nSPS) is 15.0. The van der Waals surface area contributed by atoms with Gasteiger partial charge < -0.3 is 25.1 Å². The molecule has 0 spiro atoms. The van der Waals surface area contributed by atoms with E-state index in [1.54, 1.807) is 24.2 Å². The van der Waals surface area contributed by atoms with E-state index in [2.05, 4.69) is 46.3 Å². The van der Waals surface area contributed by atoms with Gasteiger partial charge in [0.25, 0.3) is 0 Å². The lowest BCUT2D eigenvalue weighted by Gasteiger charge is -2.33. The Kier molecular flexibility index (Phi) is 12.2. The van der Waals surface area contributed by atoms with Gasteiger partial charge >= 0.3 is 6.09 Å². The largest absolute Gasteiger partial charge is 0.465 e. The van der Waals surface area contributed by atoms with Crippen molar-refractivity contribution in [3.63, 3.8) is 0 Å². The van der Waals surface area contributed by atoms with Gasteiger partial charge in [-0.25, -0.2) is 14.8 Å². The molecule has 3 amide bonds. The molecule has 0 unspecified atom stereocenters. The maximum absolute atomic E-state index is 12.8. The first-order valence-corrected chi connectivity index (χ1v) is 16.4. The quantitative estimate of drug-likeness (QED) is 0.197. The van der Waals surface area contributed by atoms with Crippen LogP contribution in [0.15, 0.2) is 21.0 Å². The average Bonchev–Trinajstić information content (AvgIpc) is 3.56. The summed E-state index contributed by atoms with van der Waals surface area (Å²) in [5, 5.41) is 15.9. The summed E-state index contributed by atoms with van der Waals surface area (Å²) in [5.41, 5.74) is -0.503. The van der Waals surface area contributed by atoms with Gasteiger partial charge in [0.15, 0.2) is 5.13 Å². The number of rotatable bonds is 13. The van der Waals surface area contributed by atoms with E-state index in [0.717, 1.165) is 29.2 Å². The molecule has 3 rings (SSSR count). The number of hydrogen-bond donors (Lipinski definition) is 3. The van der Waals surface area contributed by atoms with Crippen molar-refractivity contribution in [2.75, 3.05) is 38.0 Å². The fourth-order valence-corrected chi connectivity index (χ4v) is 6.31. The maximum atomic E-state index is 12.8. The molecule has 2 aromatic heterocycles. The molecule has 3 heterocycles. The number of carboxylic acid groups (broad SMARTS) is 1. The molecule has 0 aromatic carbocycles. The number of anilines is 1. The number of thiazole rings is 1. The summed E-state index contributed by atoms with van der Waals surface area (Å²) in [5.74, 6) is 1.97. The molecule has 0 saturated carbocycles. The predicted octanol–water partition coefficient (Wildman–Crippen LogP) is 5.44. The minimum atomic E-state index is -0.904. The fourth-order valence-electron chi connectivity index (χ4n) is 4.58. The zero-order chi connectivity index (χ0) is 30.9. The Morgan fingerprint density at radius 1 is 1.10 bits per heavy atom. The first-order valence-electron chi connectivity index (χ1n) is 14.6. The van der Waals surface area contributed by atoms with Crippen LogP contribution in [-0.4, -0.2) is 81.0 Å². The van der Waals surface area contributed by atoms with E-state index < -0.39 is 11.6 Å². The highest BCUT2D eigenvalue weighted by atomic mass is 32.2. The monoisotopic (exact) mass is 622 g/mol. The second kappa shape index (κ2) is 15.2. The van der Waals surface area contributed by atoms with Gasteiger partial charge in [0.2, 0.25) is 17.7 Å². The van der Waals surface area contributed by atoms with Crippen molar-refractivity contribution in [3.05, 3.63) is 24.0 Å². The summed E-state index contributed by atoms with van der Waals surface area (Å²) in [6.45, 7) is 14.7. The zero-order valence-corrected chi connectivity index (χ0v) is 27.3. The van der Waals surface area contributed by atoms with Gasteiger partial charge in [-0.05, 0) is 66.0 Å². The van der Waals surface area contributed by atoms with Gasteiger partial charge in [-0.2, -0.15) is 0 Å². The third kappa shape index (κ3) is 10.9. The molecule has 1 aliphatic heterocycles. The predicted molar refractivity (Wildman–Crippen MR) is 166 cm³/mol. The number of nitrogens with zero attached hydrogens (tertiary/aromatic N) is 4.